The second-order valence-electron chi connectivity index (χ2n) is 5.94. The molecule has 0 unspecified atom stereocenters. The molecule has 0 spiro atoms. The van der Waals surface area contributed by atoms with Gasteiger partial charge in [-0.05, 0) is 67.9 Å². The Morgan fingerprint density at radius 2 is 1.25 bits per heavy atom. The van der Waals surface area contributed by atoms with Gasteiger partial charge in [0.15, 0.2) is 0 Å². The molecular weight excluding hydrogens is 240 g/mol. The topological polar surface area (TPSA) is 0 Å². The van der Waals surface area contributed by atoms with E-state index in [0.29, 0.717) is 0 Å². The van der Waals surface area contributed by atoms with Gasteiger partial charge in [-0.25, -0.2) is 0 Å². The van der Waals surface area contributed by atoms with E-state index in [1.807, 2.05) is 0 Å². The van der Waals surface area contributed by atoms with E-state index in [0.717, 1.165) is 12.8 Å². The van der Waals surface area contributed by atoms with Gasteiger partial charge < -0.3 is 0 Å². The highest BCUT2D eigenvalue weighted by atomic mass is 14.1. The summed E-state index contributed by atoms with van der Waals surface area (Å²) in [6.45, 7) is 8.85. The summed E-state index contributed by atoms with van der Waals surface area (Å²) in [7, 11) is 0. The van der Waals surface area contributed by atoms with E-state index in [9.17, 15) is 0 Å². The summed E-state index contributed by atoms with van der Waals surface area (Å²) in [5.41, 5.74) is 8.71. The molecule has 0 aliphatic heterocycles. The van der Waals surface area contributed by atoms with E-state index in [4.69, 9.17) is 0 Å². The fourth-order valence-electron chi connectivity index (χ4n) is 2.70. The summed E-state index contributed by atoms with van der Waals surface area (Å²) >= 11 is 0. The van der Waals surface area contributed by atoms with Crippen molar-refractivity contribution in [2.75, 3.05) is 0 Å². The largest absolute Gasteiger partial charge is 0.0651 e. The van der Waals surface area contributed by atoms with Crippen molar-refractivity contribution >= 4 is 0 Å². The summed E-state index contributed by atoms with van der Waals surface area (Å²) in [5, 5.41) is 0. The maximum absolute atomic E-state index is 2.40. The van der Waals surface area contributed by atoms with Crippen LogP contribution in [-0.4, -0.2) is 0 Å². The van der Waals surface area contributed by atoms with E-state index in [1.54, 1.807) is 5.56 Å². The monoisotopic (exact) mass is 266 g/mol. The Bertz CT molecular complexity index is 561. The van der Waals surface area contributed by atoms with Crippen LogP contribution in [0.4, 0.5) is 0 Å². The normalized spacial score (nSPS) is 10.8. The minimum Gasteiger partial charge on any atom is -0.0651 e. The molecule has 0 saturated carbocycles. The molecule has 0 nitrogen and oxygen atoms in total. The first-order valence-corrected chi connectivity index (χ1v) is 7.74. The quantitative estimate of drug-likeness (QED) is 0.684. The zero-order chi connectivity index (χ0) is 14.5. The Hall–Kier alpha value is -1.56. The molecule has 0 saturated heterocycles. The SMILES string of the molecule is CCCc1cc(C)c(C)cc1CCc1ccc(C)cc1. The van der Waals surface area contributed by atoms with Crippen molar-refractivity contribution in [3.8, 4) is 0 Å². The van der Waals surface area contributed by atoms with E-state index >= 15 is 0 Å². The van der Waals surface area contributed by atoms with Crippen LogP contribution in [0.15, 0.2) is 36.4 Å². The summed E-state index contributed by atoms with van der Waals surface area (Å²) < 4.78 is 0. The number of benzene rings is 2. The average molecular weight is 266 g/mol. The summed E-state index contributed by atoms with van der Waals surface area (Å²) in [6, 6.07) is 13.7. The summed E-state index contributed by atoms with van der Waals surface area (Å²) in [4.78, 5) is 0. The van der Waals surface area contributed by atoms with E-state index < -0.39 is 0 Å². The van der Waals surface area contributed by atoms with Gasteiger partial charge in [0, 0.05) is 0 Å². The van der Waals surface area contributed by atoms with Crippen LogP contribution in [0, 0.1) is 20.8 Å². The Morgan fingerprint density at radius 3 is 1.80 bits per heavy atom. The van der Waals surface area contributed by atoms with Gasteiger partial charge in [-0.2, -0.15) is 0 Å². The van der Waals surface area contributed by atoms with Gasteiger partial charge in [-0.15, -0.1) is 0 Å². The van der Waals surface area contributed by atoms with Gasteiger partial charge in [0.25, 0.3) is 0 Å². The van der Waals surface area contributed by atoms with Crippen molar-refractivity contribution in [1.82, 2.24) is 0 Å². The Kier molecular flexibility index (Phi) is 5.00. The molecule has 0 aromatic heterocycles. The predicted octanol–water partition coefficient (Wildman–Crippen LogP) is 5.35. The highest BCUT2D eigenvalue weighted by Crippen LogP contribution is 2.20. The number of hydrogen-bond acceptors (Lipinski definition) is 0. The highest BCUT2D eigenvalue weighted by molar-refractivity contribution is 5.38. The van der Waals surface area contributed by atoms with Gasteiger partial charge in [-0.1, -0.05) is 55.3 Å². The fraction of sp³-hybridized carbons (Fsp3) is 0.400. The minimum atomic E-state index is 1.14. The number of rotatable bonds is 5. The number of aryl methyl sites for hydroxylation is 6. The van der Waals surface area contributed by atoms with Crippen LogP contribution in [0.3, 0.4) is 0 Å². The Morgan fingerprint density at radius 1 is 0.700 bits per heavy atom. The summed E-state index contributed by atoms with van der Waals surface area (Å²) in [6.07, 6.45) is 4.71. The van der Waals surface area contributed by atoms with E-state index in [2.05, 4.69) is 64.1 Å². The maximum atomic E-state index is 2.40. The zero-order valence-electron chi connectivity index (χ0n) is 13.3. The molecule has 0 N–H and O–H groups in total. The van der Waals surface area contributed by atoms with Gasteiger partial charge in [-0.3, -0.25) is 0 Å². The lowest BCUT2D eigenvalue weighted by Gasteiger charge is -2.13. The van der Waals surface area contributed by atoms with Crippen molar-refractivity contribution in [1.29, 1.82) is 0 Å². The molecule has 2 aromatic rings. The van der Waals surface area contributed by atoms with Gasteiger partial charge >= 0.3 is 0 Å². The minimum absolute atomic E-state index is 1.14. The van der Waals surface area contributed by atoms with Crippen LogP contribution < -0.4 is 0 Å². The molecule has 0 heterocycles. The average Bonchev–Trinajstić information content (AvgIpc) is 2.43. The first kappa shape index (κ1) is 14.8. The summed E-state index contributed by atoms with van der Waals surface area (Å²) in [5.74, 6) is 0. The van der Waals surface area contributed by atoms with Crippen molar-refractivity contribution in [2.45, 2.75) is 53.4 Å². The molecule has 20 heavy (non-hydrogen) atoms. The lowest BCUT2D eigenvalue weighted by molar-refractivity contribution is 0.871. The van der Waals surface area contributed by atoms with Crippen molar-refractivity contribution in [3.63, 3.8) is 0 Å². The van der Waals surface area contributed by atoms with Crippen LogP contribution in [0.25, 0.3) is 0 Å². The maximum Gasteiger partial charge on any atom is -0.0235 e. The zero-order valence-corrected chi connectivity index (χ0v) is 13.3. The molecule has 0 fully saturated rings. The van der Waals surface area contributed by atoms with Gasteiger partial charge in [0.05, 0.1) is 0 Å². The molecule has 106 valence electrons. The fourth-order valence-corrected chi connectivity index (χ4v) is 2.70. The smallest absolute Gasteiger partial charge is 0.0235 e. The molecule has 2 rings (SSSR count). The van der Waals surface area contributed by atoms with Crippen LogP contribution in [0.1, 0.15) is 46.7 Å². The standard InChI is InChI=1S/C20H26/c1-5-6-19-13-16(3)17(4)14-20(19)12-11-18-9-7-15(2)8-10-18/h7-10,13-14H,5-6,11-12H2,1-4H3. The van der Waals surface area contributed by atoms with Crippen LogP contribution in [-0.2, 0) is 19.3 Å². The predicted molar refractivity (Wildman–Crippen MR) is 88.5 cm³/mol. The van der Waals surface area contributed by atoms with Crippen LogP contribution in [0.2, 0.25) is 0 Å². The van der Waals surface area contributed by atoms with Gasteiger partial charge in [0.2, 0.25) is 0 Å². The second-order valence-corrected chi connectivity index (χ2v) is 5.94. The third-order valence-corrected chi connectivity index (χ3v) is 4.14. The first-order valence-electron chi connectivity index (χ1n) is 7.74. The third-order valence-electron chi connectivity index (χ3n) is 4.14. The lowest BCUT2D eigenvalue weighted by atomic mass is 9.93. The third kappa shape index (κ3) is 3.72. The van der Waals surface area contributed by atoms with Crippen molar-refractivity contribution < 1.29 is 0 Å². The van der Waals surface area contributed by atoms with Crippen molar-refractivity contribution in [3.05, 3.63) is 69.8 Å². The Balaban J connectivity index is 2.15. The molecule has 2 aromatic carbocycles. The van der Waals surface area contributed by atoms with Crippen LogP contribution >= 0.6 is 0 Å². The molecular formula is C20H26. The van der Waals surface area contributed by atoms with E-state index in [-0.39, 0.29) is 0 Å². The molecule has 0 atom stereocenters. The van der Waals surface area contributed by atoms with E-state index in [1.165, 1.54) is 40.7 Å². The molecule has 0 heteroatoms. The van der Waals surface area contributed by atoms with Crippen LogP contribution in [0.5, 0.6) is 0 Å². The second kappa shape index (κ2) is 6.74. The van der Waals surface area contributed by atoms with Gasteiger partial charge in [0.1, 0.15) is 0 Å². The number of hydrogen-bond donors (Lipinski definition) is 0. The molecule has 0 aliphatic carbocycles. The molecule has 0 bridgehead atoms. The van der Waals surface area contributed by atoms with Crippen molar-refractivity contribution in [2.24, 2.45) is 0 Å². The lowest BCUT2D eigenvalue weighted by Crippen LogP contribution is -2.00. The molecule has 0 amide bonds. The molecule has 0 radical (unpaired) electrons. The molecule has 0 aliphatic rings. The Labute approximate surface area is 123 Å². The first-order chi connectivity index (χ1) is 9.60. The highest BCUT2D eigenvalue weighted by Gasteiger charge is 2.05.